The zero-order valence-electron chi connectivity index (χ0n) is 16.1. The number of carbonyl (C=O) groups is 2. The van der Waals surface area contributed by atoms with Crippen LogP contribution in [0.2, 0.25) is 0 Å². The molecule has 2 amide bonds. The fourth-order valence-electron chi connectivity index (χ4n) is 3.59. The molecule has 4 rings (SSSR count). The van der Waals surface area contributed by atoms with Gasteiger partial charge < -0.3 is 14.2 Å². The summed E-state index contributed by atoms with van der Waals surface area (Å²) in [5.41, 5.74) is 3.56. The number of hydrogen-bond donors (Lipinski definition) is 0. The minimum Gasteiger partial charge on any atom is -0.462 e. The maximum absolute atomic E-state index is 12.9. The minimum atomic E-state index is -0.348. The molecule has 144 valence electrons. The number of carbonyl (C=O) groups excluding carboxylic acids is 2. The van der Waals surface area contributed by atoms with Gasteiger partial charge in [-0.15, -0.1) is 0 Å². The van der Waals surface area contributed by atoms with Crippen molar-refractivity contribution in [2.45, 2.75) is 13.5 Å². The van der Waals surface area contributed by atoms with E-state index in [4.69, 9.17) is 4.74 Å². The lowest BCUT2D eigenvalue weighted by Gasteiger charge is -2.19. The van der Waals surface area contributed by atoms with Crippen molar-refractivity contribution in [3.8, 4) is 0 Å². The van der Waals surface area contributed by atoms with Gasteiger partial charge in [-0.2, -0.15) is 0 Å². The lowest BCUT2D eigenvalue weighted by atomic mass is 10.1. The molecule has 0 N–H and O–H groups in total. The van der Waals surface area contributed by atoms with Gasteiger partial charge in [0.05, 0.1) is 12.2 Å². The number of fused-ring (bicyclic) bond motifs is 1. The van der Waals surface area contributed by atoms with Crippen molar-refractivity contribution >= 4 is 28.6 Å². The second-order valence-corrected chi connectivity index (χ2v) is 6.94. The maximum atomic E-state index is 12.9. The van der Waals surface area contributed by atoms with Gasteiger partial charge in [0.1, 0.15) is 0 Å². The van der Waals surface area contributed by atoms with Crippen LogP contribution in [0, 0.1) is 0 Å². The van der Waals surface area contributed by atoms with Crippen molar-refractivity contribution in [3.05, 3.63) is 65.9 Å². The van der Waals surface area contributed by atoms with E-state index < -0.39 is 0 Å². The highest BCUT2D eigenvalue weighted by Gasteiger charge is 2.29. The molecule has 28 heavy (non-hydrogen) atoms. The minimum absolute atomic E-state index is 0.0177. The van der Waals surface area contributed by atoms with Gasteiger partial charge in [-0.1, -0.05) is 12.1 Å². The highest BCUT2D eigenvalue weighted by Crippen LogP contribution is 2.24. The molecule has 2 heterocycles. The molecule has 0 radical (unpaired) electrons. The lowest BCUT2D eigenvalue weighted by Crippen LogP contribution is -2.31. The maximum Gasteiger partial charge on any atom is 0.338 e. The summed E-state index contributed by atoms with van der Waals surface area (Å²) in [5, 5.41) is 1.20. The largest absolute Gasteiger partial charge is 0.462 e. The average molecular weight is 377 g/mol. The summed E-state index contributed by atoms with van der Waals surface area (Å²) in [7, 11) is 2.02. The van der Waals surface area contributed by atoms with E-state index in [2.05, 4.69) is 28.8 Å². The van der Waals surface area contributed by atoms with Gasteiger partial charge in [0.15, 0.2) is 0 Å². The Morgan fingerprint density at radius 3 is 2.61 bits per heavy atom. The van der Waals surface area contributed by atoms with Crippen LogP contribution < -0.4 is 4.90 Å². The Kier molecular flexibility index (Phi) is 4.77. The molecule has 0 saturated carbocycles. The van der Waals surface area contributed by atoms with Crippen LogP contribution in [0.4, 0.5) is 10.5 Å². The number of rotatable bonds is 5. The van der Waals surface area contributed by atoms with Crippen molar-refractivity contribution in [2.75, 3.05) is 24.6 Å². The van der Waals surface area contributed by atoms with E-state index in [1.54, 1.807) is 36.1 Å². The second kappa shape index (κ2) is 7.38. The normalized spacial score (nSPS) is 14.1. The number of ether oxygens (including phenoxy) is 1. The van der Waals surface area contributed by atoms with Crippen LogP contribution in [-0.2, 0) is 18.3 Å². The van der Waals surface area contributed by atoms with Crippen LogP contribution in [-0.4, -0.2) is 41.2 Å². The average Bonchev–Trinajstić information content (AvgIpc) is 3.25. The van der Waals surface area contributed by atoms with E-state index in [0.717, 1.165) is 16.8 Å². The smallest absolute Gasteiger partial charge is 0.338 e. The van der Waals surface area contributed by atoms with Crippen LogP contribution in [0.25, 0.3) is 10.9 Å². The first-order chi connectivity index (χ1) is 13.6. The van der Waals surface area contributed by atoms with Crippen molar-refractivity contribution in [1.29, 1.82) is 0 Å². The molecule has 1 saturated heterocycles. The van der Waals surface area contributed by atoms with E-state index in [1.165, 1.54) is 5.39 Å². The van der Waals surface area contributed by atoms with Gasteiger partial charge in [-0.3, -0.25) is 4.90 Å². The zero-order valence-corrected chi connectivity index (χ0v) is 16.1. The number of hydrogen-bond acceptors (Lipinski definition) is 3. The number of benzene rings is 2. The Morgan fingerprint density at radius 2 is 1.86 bits per heavy atom. The monoisotopic (exact) mass is 377 g/mol. The molecule has 0 unspecified atom stereocenters. The van der Waals surface area contributed by atoms with E-state index in [0.29, 0.717) is 31.8 Å². The van der Waals surface area contributed by atoms with Crippen LogP contribution >= 0.6 is 0 Å². The van der Waals surface area contributed by atoms with Crippen molar-refractivity contribution in [1.82, 2.24) is 9.47 Å². The molecule has 0 aliphatic carbocycles. The Labute approximate surface area is 163 Å². The number of amides is 2. The SMILES string of the molecule is CCOC(=O)c1ccc(N2CCN(Cc3ccc4ccn(C)c4c3)C2=O)cc1. The predicted octanol–water partition coefficient (Wildman–Crippen LogP) is 3.80. The van der Waals surface area contributed by atoms with Crippen molar-refractivity contribution < 1.29 is 14.3 Å². The first-order valence-corrected chi connectivity index (χ1v) is 9.44. The molecule has 1 fully saturated rings. The standard InChI is InChI=1S/C22H23N3O3/c1-3-28-21(26)18-6-8-19(9-7-18)25-13-12-24(22(25)27)15-16-4-5-17-10-11-23(2)20(17)14-16/h4-11,14H,3,12-13,15H2,1-2H3. The van der Waals surface area contributed by atoms with Crippen molar-refractivity contribution in [2.24, 2.45) is 7.05 Å². The Balaban J connectivity index is 1.46. The highest BCUT2D eigenvalue weighted by atomic mass is 16.5. The molecular weight excluding hydrogens is 354 g/mol. The number of aryl methyl sites for hydroxylation is 1. The van der Waals surface area contributed by atoms with Crippen LogP contribution in [0.3, 0.4) is 0 Å². The number of anilines is 1. The molecule has 6 heteroatoms. The van der Waals surface area contributed by atoms with Gasteiger partial charge in [0.2, 0.25) is 0 Å². The summed E-state index contributed by atoms with van der Waals surface area (Å²) in [6, 6.07) is 15.4. The third kappa shape index (κ3) is 3.33. The van der Waals surface area contributed by atoms with Crippen molar-refractivity contribution in [3.63, 3.8) is 0 Å². The quantitative estimate of drug-likeness (QED) is 0.636. The molecule has 2 aromatic carbocycles. The fourth-order valence-corrected chi connectivity index (χ4v) is 3.59. The van der Waals surface area contributed by atoms with Crippen LogP contribution in [0.5, 0.6) is 0 Å². The fraction of sp³-hybridized carbons (Fsp3) is 0.273. The zero-order chi connectivity index (χ0) is 19.7. The lowest BCUT2D eigenvalue weighted by molar-refractivity contribution is 0.0526. The molecule has 0 bridgehead atoms. The third-order valence-corrected chi connectivity index (χ3v) is 5.11. The summed E-state index contributed by atoms with van der Waals surface area (Å²) in [5.74, 6) is -0.348. The Bertz CT molecular complexity index is 1020. The number of aromatic nitrogens is 1. The molecule has 0 spiro atoms. The Hall–Kier alpha value is -3.28. The number of nitrogens with zero attached hydrogens (tertiary/aromatic N) is 3. The molecule has 6 nitrogen and oxygen atoms in total. The summed E-state index contributed by atoms with van der Waals surface area (Å²) in [4.78, 5) is 28.2. The van der Waals surface area contributed by atoms with E-state index in [9.17, 15) is 9.59 Å². The van der Waals surface area contributed by atoms with Crippen LogP contribution in [0.1, 0.15) is 22.8 Å². The van der Waals surface area contributed by atoms with E-state index in [1.807, 2.05) is 18.1 Å². The predicted molar refractivity (Wildman–Crippen MR) is 108 cm³/mol. The van der Waals surface area contributed by atoms with Gasteiger partial charge >= 0.3 is 12.0 Å². The number of urea groups is 1. The molecule has 1 aliphatic heterocycles. The summed E-state index contributed by atoms with van der Waals surface area (Å²) in [6.07, 6.45) is 2.04. The van der Waals surface area contributed by atoms with Gasteiger partial charge in [-0.05, 0) is 54.3 Å². The first-order valence-electron chi connectivity index (χ1n) is 9.44. The first kappa shape index (κ1) is 18.1. The topological polar surface area (TPSA) is 54.8 Å². The third-order valence-electron chi connectivity index (χ3n) is 5.11. The second-order valence-electron chi connectivity index (χ2n) is 6.94. The summed E-state index contributed by atoms with van der Waals surface area (Å²) in [6.45, 7) is 4.00. The molecule has 0 atom stereocenters. The van der Waals surface area contributed by atoms with Gasteiger partial charge in [0.25, 0.3) is 0 Å². The van der Waals surface area contributed by atoms with E-state index in [-0.39, 0.29) is 12.0 Å². The van der Waals surface area contributed by atoms with E-state index >= 15 is 0 Å². The molecular formula is C22H23N3O3. The highest BCUT2D eigenvalue weighted by molar-refractivity contribution is 5.95. The summed E-state index contributed by atoms with van der Waals surface area (Å²) >= 11 is 0. The number of esters is 1. The molecule has 3 aromatic rings. The van der Waals surface area contributed by atoms with Crippen LogP contribution in [0.15, 0.2) is 54.7 Å². The van der Waals surface area contributed by atoms with Gasteiger partial charge in [-0.25, -0.2) is 9.59 Å². The Morgan fingerprint density at radius 1 is 1.07 bits per heavy atom. The molecule has 1 aromatic heterocycles. The van der Waals surface area contributed by atoms with Gasteiger partial charge in [0, 0.05) is 44.1 Å². The summed E-state index contributed by atoms with van der Waals surface area (Å²) < 4.78 is 7.09. The molecule has 1 aliphatic rings.